The van der Waals surface area contributed by atoms with Crippen LogP contribution in [0.4, 0.5) is 13.2 Å². The van der Waals surface area contributed by atoms with Crippen LogP contribution in [0.2, 0.25) is 0 Å². The fourth-order valence-electron chi connectivity index (χ4n) is 1.50. The van der Waals surface area contributed by atoms with Crippen LogP contribution in [-0.4, -0.2) is 19.0 Å². The van der Waals surface area contributed by atoms with Crippen molar-refractivity contribution in [1.82, 2.24) is 5.32 Å². The molecule has 96 valence electrons. The zero-order valence-corrected chi connectivity index (χ0v) is 11.1. The van der Waals surface area contributed by atoms with Gasteiger partial charge >= 0.3 is 0 Å². The standard InChI is InChI=1S/C12H15BrF3N/c1-2-5-17-11(12(15)16)6-8-3-4-9(14)7-10(8)13/h3-4,7,11-12,17H,2,5-6H2,1H3. The highest BCUT2D eigenvalue weighted by Crippen LogP contribution is 2.21. The highest BCUT2D eigenvalue weighted by Gasteiger charge is 2.20. The lowest BCUT2D eigenvalue weighted by molar-refractivity contribution is 0.0982. The van der Waals surface area contributed by atoms with Gasteiger partial charge in [-0.05, 0) is 37.1 Å². The van der Waals surface area contributed by atoms with Gasteiger partial charge in [0, 0.05) is 4.47 Å². The van der Waals surface area contributed by atoms with Gasteiger partial charge in [0.25, 0.3) is 6.43 Å². The van der Waals surface area contributed by atoms with Crippen LogP contribution < -0.4 is 5.32 Å². The highest BCUT2D eigenvalue weighted by molar-refractivity contribution is 9.10. The van der Waals surface area contributed by atoms with E-state index in [1.807, 2.05) is 6.92 Å². The minimum Gasteiger partial charge on any atom is -0.309 e. The molecular formula is C12H15BrF3N. The summed E-state index contributed by atoms with van der Waals surface area (Å²) < 4.78 is 38.9. The van der Waals surface area contributed by atoms with Gasteiger partial charge in [0.1, 0.15) is 5.82 Å². The normalized spacial score (nSPS) is 13.1. The van der Waals surface area contributed by atoms with Gasteiger partial charge in [-0.2, -0.15) is 0 Å². The summed E-state index contributed by atoms with van der Waals surface area (Å²) in [6.07, 6.45) is -1.45. The molecule has 1 unspecified atom stereocenters. The minimum absolute atomic E-state index is 0.179. The molecule has 0 aromatic heterocycles. The molecule has 0 spiro atoms. The summed E-state index contributed by atoms with van der Waals surface area (Å²) in [7, 11) is 0. The smallest absolute Gasteiger partial charge is 0.254 e. The van der Waals surface area contributed by atoms with Crippen LogP contribution in [0.15, 0.2) is 22.7 Å². The van der Waals surface area contributed by atoms with E-state index in [-0.39, 0.29) is 12.2 Å². The van der Waals surface area contributed by atoms with Crippen molar-refractivity contribution in [3.8, 4) is 0 Å². The molecule has 5 heteroatoms. The first kappa shape index (κ1) is 14.5. The average molecular weight is 310 g/mol. The zero-order chi connectivity index (χ0) is 12.8. The van der Waals surface area contributed by atoms with Crippen molar-refractivity contribution < 1.29 is 13.2 Å². The first-order valence-electron chi connectivity index (χ1n) is 5.50. The van der Waals surface area contributed by atoms with Crippen molar-refractivity contribution in [2.24, 2.45) is 0 Å². The summed E-state index contributed by atoms with van der Waals surface area (Å²) in [5.74, 6) is -0.379. The SMILES string of the molecule is CCCNC(Cc1ccc(F)cc1Br)C(F)F. The van der Waals surface area contributed by atoms with Crippen molar-refractivity contribution in [1.29, 1.82) is 0 Å². The Morgan fingerprint density at radius 2 is 2.06 bits per heavy atom. The maximum Gasteiger partial charge on any atom is 0.254 e. The molecule has 0 fully saturated rings. The van der Waals surface area contributed by atoms with E-state index in [1.165, 1.54) is 18.2 Å². The van der Waals surface area contributed by atoms with E-state index < -0.39 is 12.5 Å². The second-order valence-corrected chi connectivity index (χ2v) is 4.69. The van der Waals surface area contributed by atoms with E-state index >= 15 is 0 Å². The van der Waals surface area contributed by atoms with E-state index in [4.69, 9.17) is 0 Å². The van der Waals surface area contributed by atoms with Crippen LogP contribution in [0.25, 0.3) is 0 Å². The van der Waals surface area contributed by atoms with Crippen LogP contribution >= 0.6 is 15.9 Å². The first-order chi connectivity index (χ1) is 8.04. The second-order valence-electron chi connectivity index (χ2n) is 3.83. The first-order valence-corrected chi connectivity index (χ1v) is 6.29. The zero-order valence-electron chi connectivity index (χ0n) is 9.52. The molecule has 1 aromatic carbocycles. The maximum atomic E-state index is 12.9. The lowest BCUT2D eigenvalue weighted by atomic mass is 10.1. The number of benzene rings is 1. The Morgan fingerprint density at radius 1 is 1.35 bits per heavy atom. The predicted molar refractivity (Wildman–Crippen MR) is 65.9 cm³/mol. The maximum absolute atomic E-state index is 12.9. The van der Waals surface area contributed by atoms with Crippen molar-refractivity contribution in [3.63, 3.8) is 0 Å². The van der Waals surface area contributed by atoms with Gasteiger partial charge in [-0.1, -0.05) is 28.9 Å². The molecule has 0 amide bonds. The fourth-order valence-corrected chi connectivity index (χ4v) is 2.02. The Morgan fingerprint density at radius 3 is 2.59 bits per heavy atom. The van der Waals surface area contributed by atoms with E-state index in [2.05, 4.69) is 21.2 Å². The van der Waals surface area contributed by atoms with Crippen LogP contribution in [0, 0.1) is 5.82 Å². The van der Waals surface area contributed by atoms with Gasteiger partial charge in [0.2, 0.25) is 0 Å². The lowest BCUT2D eigenvalue weighted by Gasteiger charge is -2.18. The lowest BCUT2D eigenvalue weighted by Crippen LogP contribution is -2.38. The third kappa shape index (κ3) is 4.68. The van der Waals surface area contributed by atoms with E-state index in [0.717, 1.165) is 6.42 Å². The molecule has 0 aliphatic carbocycles. The van der Waals surface area contributed by atoms with Crippen molar-refractivity contribution in [3.05, 3.63) is 34.1 Å². The van der Waals surface area contributed by atoms with Crippen molar-refractivity contribution >= 4 is 15.9 Å². The van der Waals surface area contributed by atoms with E-state index in [1.54, 1.807) is 0 Å². The molecule has 0 radical (unpaired) electrons. The van der Waals surface area contributed by atoms with Crippen LogP contribution in [-0.2, 0) is 6.42 Å². The largest absolute Gasteiger partial charge is 0.309 e. The Hall–Kier alpha value is -0.550. The predicted octanol–water partition coefficient (Wildman–Crippen LogP) is 3.76. The summed E-state index contributed by atoms with van der Waals surface area (Å²) in [4.78, 5) is 0. The Labute approximate surface area is 108 Å². The minimum atomic E-state index is -2.43. The molecule has 0 heterocycles. The summed E-state index contributed by atoms with van der Waals surface area (Å²) >= 11 is 3.18. The summed E-state index contributed by atoms with van der Waals surface area (Å²) in [6.45, 7) is 2.47. The Bertz CT molecular complexity index is 358. The number of hydrogen-bond acceptors (Lipinski definition) is 1. The summed E-state index contributed by atoms with van der Waals surface area (Å²) in [5, 5.41) is 2.79. The van der Waals surface area contributed by atoms with Crippen LogP contribution in [0.5, 0.6) is 0 Å². The average Bonchev–Trinajstić information content (AvgIpc) is 2.26. The number of halogens is 4. The quantitative estimate of drug-likeness (QED) is 0.843. The molecule has 1 nitrogen and oxygen atoms in total. The number of nitrogens with one attached hydrogen (secondary N) is 1. The number of alkyl halides is 2. The van der Waals surface area contributed by atoms with E-state index in [9.17, 15) is 13.2 Å². The molecule has 1 atom stereocenters. The second kappa shape index (κ2) is 7.01. The number of hydrogen-bond donors (Lipinski definition) is 1. The Kier molecular flexibility index (Phi) is 5.98. The van der Waals surface area contributed by atoms with Gasteiger partial charge in [-0.3, -0.25) is 0 Å². The molecule has 17 heavy (non-hydrogen) atoms. The van der Waals surface area contributed by atoms with Crippen LogP contribution in [0.3, 0.4) is 0 Å². The number of rotatable bonds is 6. The molecular weight excluding hydrogens is 295 g/mol. The molecule has 1 aromatic rings. The molecule has 0 aliphatic heterocycles. The van der Waals surface area contributed by atoms with Crippen molar-refractivity contribution in [2.45, 2.75) is 32.2 Å². The molecule has 1 rings (SSSR count). The molecule has 1 N–H and O–H groups in total. The summed E-state index contributed by atoms with van der Waals surface area (Å²) in [5.41, 5.74) is 0.681. The monoisotopic (exact) mass is 309 g/mol. The fraction of sp³-hybridized carbons (Fsp3) is 0.500. The van der Waals surface area contributed by atoms with Crippen molar-refractivity contribution in [2.75, 3.05) is 6.54 Å². The third-order valence-electron chi connectivity index (χ3n) is 2.42. The molecule has 0 bridgehead atoms. The van der Waals surface area contributed by atoms with Gasteiger partial charge in [-0.25, -0.2) is 13.2 Å². The third-order valence-corrected chi connectivity index (χ3v) is 3.15. The molecule has 0 aliphatic rings. The van der Waals surface area contributed by atoms with Gasteiger partial charge < -0.3 is 5.32 Å². The molecule has 0 saturated carbocycles. The van der Waals surface area contributed by atoms with Gasteiger partial charge in [-0.15, -0.1) is 0 Å². The Balaban J connectivity index is 2.71. The summed E-state index contributed by atoms with van der Waals surface area (Å²) in [6, 6.07) is 3.21. The van der Waals surface area contributed by atoms with Crippen LogP contribution in [0.1, 0.15) is 18.9 Å². The van der Waals surface area contributed by atoms with E-state index in [0.29, 0.717) is 16.6 Å². The topological polar surface area (TPSA) is 12.0 Å². The van der Waals surface area contributed by atoms with Gasteiger partial charge in [0.05, 0.1) is 6.04 Å². The highest BCUT2D eigenvalue weighted by atomic mass is 79.9. The van der Waals surface area contributed by atoms with Gasteiger partial charge in [0.15, 0.2) is 0 Å². The molecule has 0 saturated heterocycles.